The number of guanidine groups is 1. The molecule has 0 radical (unpaired) electrons. The molecular weight excluding hydrogens is 270 g/mol. The average molecular weight is 292 g/mol. The maximum absolute atomic E-state index is 6.31. The van der Waals surface area contributed by atoms with Crippen molar-refractivity contribution in [3.8, 4) is 0 Å². The van der Waals surface area contributed by atoms with Crippen molar-refractivity contribution in [2.45, 2.75) is 50.0 Å². The Morgan fingerprint density at radius 2 is 2.00 bits per heavy atom. The van der Waals surface area contributed by atoms with Crippen molar-refractivity contribution in [2.24, 2.45) is 10.7 Å². The number of nitrogens with one attached hydrogen (secondary N) is 1. The number of benzene rings is 1. The molecule has 0 aliphatic heterocycles. The third-order valence-electron chi connectivity index (χ3n) is 4.56. The lowest BCUT2D eigenvalue weighted by molar-refractivity contribution is 0.620. The number of rotatable bonds is 4. The minimum atomic E-state index is 0.125. The SMILES string of the molecule is NC(=NCC1(c2ccccc2Cl)CC1)NC1CCCC1. The zero-order chi connectivity index (χ0) is 14.0. The molecule has 0 bridgehead atoms. The molecule has 0 aromatic heterocycles. The molecule has 3 N–H and O–H groups in total. The van der Waals surface area contributed by atoms with Crippen LogP contribution in [0.2, 0.25) is 5.02 Å². The van der Waals surface area contributed by atoms with Crippen molar-refractivity contribution in [1.82, 2.24) is 5.32 Å². The van der Waals surface area contributed by atoms with Crippen LogP contribution < -0.4 is 11.1 Å². The smallest absolute Gasteiger partial charge is 0.188 e. The second kappa shape index (κ2) is 5.65. The monoisotopic (exact) mass is 291 g/mol. The Labute approximate surface area is 125 Å². The molecule has 20 heavy (non-hydrogen) atoms. The highest BCUT2D eigenvalue weighted by Gasteiger charge is 2.45. The lowest BCUT2D eigenvalue weighted by Crippen LogP contribution is -2.39. The van der Waals surface area contributed by atoms with Crippen molar-refractivity contribution < 1.29 is 0 Å². The van der Waals surface area contributed by atoms with Crippen molar-refractivity contribution in [3.05, 3.63) is 34.9 Å². The molecule has 0 atom stereocenters. The van der Waals surface area contributed by atoms with E-state index in [-0.39, 0.29) is 5.41 Å². The van der Waals surface area contributed by atoms with Crippen molar-refractivity contribution in [1.29, 1.82) is 0 Å². The van der Waals surface area contributed by atoms with Crippen LogP contribution >= 0.6 is 11.6 Å². The van der Waals surface area contributed by atoms with Gasteiger partial charge >= 0.3 is 0 Å². The Bertz CT molecular complexity index is 502. The Morgan fingerprint density at radius 1 is 1.30 bits per heavy atom. The number of hydrogen-bond acceptors (Lipinski definition) is 1. The molecule has 1 aromatic carbocycles. The molecule has 2 aliphatic rings. The molecule has 0 spiro atoms. The molecule has 2 fully saturated rings. The van der Waals surface area contributed by atoms with E-state index in [1.54, 1.807) is 0 Å². The van der Waals surface area contributed by atoms with E-state index >= 15 is 0 Å². The molecule has 0 heterocycles. The summed E-state index contributed by atoms with van der Waals surface area (Å²) in [6.07, 6.45) is 7.33. The fraction of sp³-hybridized carbons (Fsp3) is 0.562. The van der Waals surface area contributed by atoms with Crippen LogP contribution in [0.3, 0.4) is 0 Å². The first kappa shape index (κ1) is 13.7. The molecule has 0 unspecified atom stereocenters. The molecule has 1 aromatic rings. The van der Waals surface area contributed by atoms with Gasteiger partial charge in [-0.2, -0.15) is 0 Å². The highest BCUT2D eigenvalue weighted by molar-refractivity contribution is 6.31. The fourth-order valence-corrected chi connectivity index (χ4v) is 3.45. The van der Waals surface area contributed by atoms with Gasteiger partial charge < -0.3 is 11.1 Å². The van der Waals surface area contributed by atoms with Gasteiger partial charge in [0.1, 0.15) is 0 Å². The fourth-order valence-electron chi connectivity index (χ4n) is 3.12. The van der Waals surface area contributed by atoms with Gasteiger partial charge in [0.25, 0.3) is 0 Å². The lowest BCUT2D eigenvalue weighted by Gasteiger charge is -2.17. The van der Waals surface area contributed by atoms with E-state index in [1.807, 2.05) is 18.2 Å². The second-order valence-corrected chi connectivity index (χ2v) is 6.49. The van der Waals surface area contributed by atoms with Gasteiger partial charge in [-0.05, 0) is 37.3 Å². The molecular formula is C16H22ClN3. The van der Waals surface area contributed by atoms with Crippen LogP contribution in [0, 0.1) is 0 Å². The maximum atomic E-state index is 6.31. The van der Waals surface area contributed by atoms with Gasteiger partial charge in [0.05, 0.1) is 6.54 Å². The summed E-state index contributed by atoms with van der Waals surface area (Å²) >= 11 is 6.31. The van der Waals surface area contributed by atoms with E-state index in [2.05, 4.69) is 16.4 Å². The Hall–Kier alpha value is -1.22. The average Bonchev–Trinajstić information content (AvgIpc) is 3.06. The van der Waals surface area contributed by atoms with E-state index in [9.17, 15) is 0 Å². The second-order valence-electron chi connectivity index (χ2n) is 6.09. The summed E-state index contributed by atoms with van der Waals surface area (Å²) in [4.78, 5) is 4.56. The highest BCUT2D eigenvalue weighted by Crippen LogP contribution is 2.50. The first-order valence-electron chi connectivity index (χ1n) is 7.51. The van der Waals surface area contributed by atoms with Gasteiger partial charge in [0, 0.05) is 16.5 Å². The van der Waals surface area contributed by atoms with E-state index < -0.39 is 0 Å². The highest BCUT2D eigenvalue weighted by atomic mass is 35.5. The summed E-state index contributed by atoms with van der Waals surface area (Å²) in [6, 6.07) is 8.62. The van der Waals surface area contributed by atoms with E-state index in [0.29, 0.717) is 12.0 Å². The van der Waals surface area contributed by atoms with Crippen LogP contribution in [0.25, 0.3) is 0 Å². The van der Waals surface area contributed by atoms with Gasteiger partial charge in [0.2, 0.25) is 0 Å². The van der Waals surface area contributed by atoms with Gasteiger partial charge in [0.15, 0.2) is 5.96 Å². The summed E-state index contributed by atoms with van der Waals surface area (Å²) < 4.78 is 0. The van der Waals surface area contributed by atoms with Crippen LogP contribution in [0.4, 0.5) is 0 Å². The van der Waals surface area contributed by atoms with Crippen LogP contribution in [-0.4, -0.2) is 18.5 Å². The Morgan fingerprint density at radius 3 is 2.65 bits per heavy atom. The molecule has 2 aliphatic carbocycles. The summed E-state index contributed by atoms with van der Waals surface area (Å²) in [7, 11) is 0. The third-order valence-corrected chi connectivity index (χ3v) is 4.89. The largest absolute Gasteiger partial charge is 0.370 e. The van der Waals surface area contributed by atoms with Crippen molar-refractivity contribution in [2.75, 3.05) is 6.54 Å². The van der Waals surface area contributed by atoms with Gasteiger partial charge in [-0.1, -0.05) is 42.6 Å². The number of aliphatic imine (C=N–C) groups is 1. The van der Waals surface area contributed by atoms with E-state index in [1.165, 1.54) is 31.2 Å². The number of hydrogen-bond donors (Lipinski definition) is 2. The van der Waals surface area contributed by atoms with Gasteiger partial charge in [-0.3, -0.25) is 4.99 Å². The van der Waals surface area contributed by atoms with Gasteiger partial charge in [-0.15, -0.1) is 0 Å². The predicted octanol–water partition coefficient (Wildman–Crippen LogP) is 3.22. The van der Waals surface area contributed by atoms with Crippen LogP contribution in [0.5, 0.6) is 0 Å². The zero-order valence-corrected chi connectivity index (χ0v) is 12.5. The lowest BCUT2D eigenvalue weighted by atomic mass is 9.96. The van der Waals surface area contributed by atoms with Crippen LogP contribution in [0.15, 0.2) is 29.3 Å². The van der Waals surface area contributed by atoms with Gasteiger partial charge in [-0.25, -0.2) is 0 Å². The van der Waals surface area contributed by atoms with Crippen molar-refractivity contribution >= 4 is 17.6 Å². The quantitative estimate of drug-likeness (QED) is 0.661. The summed E-state index contributed by atoms with van der Waals surface area (Å²) in [5.41, 5.74) is 7.36. The van der Waals surface area contributed by atoms with Crippen molar-refractivity contribution in [3.63, 3.8) is 0 Å². The molecule has 108 valence electrons. The molecule has 3 rings (SSSR count). The molecule has 0 saturated heterocycles. The topological polar surface area (TPSA) is 50.4 Å². The van der Waals surface area contributed by atoms with E-state index in [0.717, 1.165) is 24.4 Å². The minimum Gasteiger partial charge on any atom is -0.370 e. The summed E-state index contributed by atoms with van der Waals surface area (Å²) in [6.45, 7) is 0.738. The van der Waals surface area contributed by atoms with E-state index in [4.69, 9.17) is 17.3 Å². The molecule has 4 heteroatoms. The normalized spacial score (nSPS) is 21.9. The first-order valence-corrected chi connectivity index (χ1v) is 7.89. The Kier molecular flexibility index (Phi) is 3.88. The molecule has 2 saturated carbocycles. The molecule has 3 nitrogen and oxygen atoms in total. The zero-order valence-electron chi connectivity index (χ0n) is 11.7. The molecule has 0 amide bonds. The van der Waals surface area contributed by atoms with Crippen LogP contribution in [-0.2, 0) is 5.41 Å². The Balaban J connectivity index is 1.63. The standard InChI is InChI=1S/C16H22ClN3/c17-14-8-4-3-7-13(14)16(9-10-16)11-19-15(18)20-12-5-1-2-6-12/h3-4,7-8,12H,1-2,5-6,9-11H2,(H3,18,19,20). The minimum absolute atomic E-state index is 0.125. The number of halogens is 1. The summed E-state index contributed by atoms with van der Waals surface area (Å²) in [5, 5.41) is 4.19. The predicted molar refractivity (Wildman–Crippen MR) is 84.2 cm³/mol. The summed E-state index contributed by atoms with van der Waals surface area (Å²) in [5.74, 6) is 0.593. The number of nitrogens with two attached hydrogens (primary N) is 1. The maximum Gasteiger partial charge on any atom is 0.188 e. The third kappa shape index (κ3) is 2.93. The first-order chi connectivity index (χ1) is 9.70. The number of nitrogens with zero attached hydrogens (tertiary/aromatic N) is 1. The van der Waals surface area contributed by atoms with Crippen LogP contribution in [0.1, 0.15) is 44.1 Å².